The first-order valence-corrected chi connectivity index (χ1v) is 4.88. The molecule has 0 radical (unpaired) electrons. The number of hydrogen-bond donors (Lipinski definition) is 1. The summed E-state index contributed by atoms with van der Waals surface area (Å²) < 4.78 is 0. The van der Waals surface area contributed by atoms with Gasteiger partial charge in [0, 0.05) is 6.04 Å². The van der Waals surface area contributed by atoms with Crippen molar-refractivity contribution in [2.45, 2.75) is 33.2 Å². The molecule has 0 aliphatic rings. The third-order valence-electron chi connectivity index (χ3n) is 1.51. The first kappa shape index (κ1) is 12.2. The Hall–Kier alpha value is -0.820. The highest BCUT2D eigenvalue weighted by Crippen LogP contribution is 2.00. The van der Waals surface area contributed by atoms with Crippen molar-refractivity contribution in [3.05, 3.63) is 36.4 Å². The van der Waals surface area contributed by atoms with E-state index in [4.69, 9.17) is 5.73 Å². The molecule has 0 aliphatic heterocycles. The second kappa shape index (κ2) is 7.81. The molecule has 1 aromatic carbocycles. The van der Waals surface area contributed by atoms with Crippen molar-refractivity contribution in [1.29, 1.82) is 0 Å². The van der Waals surface area contributed by atoms with Gasteiger partial charge >= 0.3 is 0 Å². The number of benzene rings is 1. The van der Waals surface area contributed by atoms with Gasteiger partial charge in [-0.05, 0) is 19.3 Å². The second-order valence-electron chi connectivity index (χ2n) is 3.76. The van der Waals surface area contributed by atoms with Crippen molar-refractivity contribution in [2.24, 2.45) is 11.7 Å². The van der Waals surface area contributed by atoms with Crippen LogP contribution in [0.25, 0.3) is 0 Å². The van der Waals surface area contributed by atoms with Crippen molar-refractivity contribution < 1.29 is 0 Å². The Morgan fingerprint density at radius 3 is 1.23 bits per heavy atom. The van der Waals surface area contributed by atoms with E-state index in [0.717, 1.165) is 12.3 Å². The van der Waals surface area contributed by atoms with Crippen molar-refractivity contribution in [3.8, 4) is 0 Å². The van der Waals surface area contributed by atoms with Crippen LogP contribution < -0.4 is 5.73 Å². The predicted molar refractivity (Wildman–Crippen MR) is 59.5 cm³/mol. The molecule has 0 saturated heterocycles. The first-order chi connectivity index (χ1) is 6.13. The van der Waals surface area contributed by atoms with Crippen molar-refractivity contribution in [3.63, 3.8) is 0 Å². The van der Waals surface area contributed by atoms with Gasteiger partial charge in [-0.1, -0.05) is 50.2 Å². The molecule has 1 nitrogen and oxygen atoms in total. The maximum Gasteiger partial charge on any atom is 0.00129 e. The van der Waals surface area contributed by atoms with Gasteiger partial charge in [-0.25, -0.2) is 0 Å². The zero-order valence-electron chi connectivity index (χ0n) is 8.90. The van der Waals surface area contributed by atoms with Gasteiger partial charge in [0.1, 0.15) is 0 Å². The van der Waals surface area contributed by atoms with Gasteiger partial charge in [-0.3, -0.25) is 0 Å². The summed E-state index contributed by atoms with van der Waals surface area (Å²) in [4.78, 5) is 0. The Bertz CT molecular complexity index is 147. The van der Waals surface area contributed by atoms with Crippen molar-refractivity contribution >= 4 is 0 Å². The molecule has 1 unspecified atom stereocenters. The summed E-state index contributed by atoms with van der Waals surface area (Å²) in [6.45, 7) is 6.41. The molecule has 1 heteroatoms. The molecule has 0 amide bonds. The molecule has 2 N–H and O–H groups in total. The molecule has 0 bridgehead atoms. The lowest BCUT2D eigenvalue weighted by molar-refractivity contribution is 0.520. The standard InChI is InChI=1S/C6H15N.C6H6/c1-5(2)4-6(3)7;1-2-4-6-5-3-1/h5-6H,4,7H2,1-3H3;1-6H. The van der Waals surface area contributed by atoms with Gasteiger partial charge in [0.2, 0.25) is 0 Å². The lowest BCUT2D eigenvalue weighted by Crippen LogP contribution is -2.16. The van der Waals surface area contributed by atoms with Crippen LogP contribution in [0, 0.1) is 5.92 Å². The van der Waals surface area contributed by atoms with E-state index in [2.05, 4.69) is 13.8 Å². The minimum Gasteiger partial charge on any atom is -0.328 e. The van der Waals surface area contributed by atoms with Gasteiger partial charge in [0.05, 0.1) is 0 Å². The summed E-state index contributed by atoms with van der Waals surface area (Å²) in [7, 11) is 0. The summed E-state index contributed by atoms with van der Waals surface area (Å²) in [5.41, 5.74) is 5.49. The molecule has 1 aromatic rings. The van der Waals surface area contributed by atoms with Crippen LogP contribution in [0.2, 0.25) is 0 Å². The highest BCUT2D eigenvalue weighted by atomic mass is 14.6. The lowest BCUT2D eigenvalue weighted by Gasteiger charge is -2.05. The van der Waals surface area contributed by atoms with Gasteiger partial charge in [0.25, 0.3) is 0 Å². The quantitative estimate of drug-likeness (QED) is 0.742. The zero-order chi connectivity index (χ0) is 10.1. The fourth-order valence-electron chi connectivity index (χ4n) is 1.13. The van der Waals surface area contributed by atoms with E-state index in [1.54, 1.807) is 0 Å². The van der Waals surface area contributed by atoms with E-state index >= 15 is 0 Å². The summed E-state index contributed by atoms with van der Waals surface area (Å²) in [6.07, 6.45) is 1.14. The van der Waals surface area contributed by atoms with Crippen LogP contribution in [0.3, 0.4) is 0 Å². The lowest BCUT2D eigenvalue weighted by atomic mass is 10.1. The number of hydrogen-bond acceptors (Lipinski definition) is 1. The molecule has 0 fully saturated rings. The third kappa shape index (κ3) is 11.2. The largest absolute Gasteiger partial charge is 0.328 e. The summed E-state index contributed by atoms with van der Waals surface area (Å²) in [5.74, 6) is 0.750. The highest BCUT2D eigenvalue weighted by Gasteiger charge is 1.95. The molecule has 74 valence electrons. The topological polar surface area (TPSA) is 26.0 Å². The van der Waals surface area contributed by atoms with E-state index in [9.17, 15) is 0 Å². The van der Waals surface area contributed by atoms with Crippen molar-refractivity contribution in [1.82, 2.24) is 0 Å². The van der Waals surface area contributed by atoms with Gasteiger partial charge in [0.15, 0.2) is 0 Å². The highest BCUT2D eigenvalue weighted by molar-refractivity contribution is 4.99. The smallest absolute Gasteiger partial charge is 0.00129 e. The molecule has 1 atom stereocenters. The Morgan fingerprint density at radius 2 is 1.15 bits per heavy atom. The second-order valence-corrected chi connectivity index (χ2v) is 3.76. The van der Waals surface area contributed by atoms with Gasteiger partial charge in [-0.15, -0.1) is 0 Å². The molecule has 1 rings (SSSR count). The number of nitrogens with two attached hydrogens (primary N) is 1. The Balaban J connectivity index is 0.000000223. The maximum absolute atomic E-state index is 5.49. The van der Waals surface area contributed by atoms with Crippen LogP contribution >= 0.6 is 0 Å². The van der Waals surface area contributed by atoms with Crippen LogP contribution in [0.15, 0.2) is 36.4 Å². The fraction of sp³-hybridized carbons (Fsp3) is 0.500. The van der Waals surface area contributed by atoms with E-state index in [0.29, 0.717) is 6.04 Å². The van der Waals surface area contributed by atoms with Crippen LogP contribution in [-0.2, 0) is 0 Å². The van der Waals surface area contributed by atoms with E-state index < -0.39 is 0 Å². The van der Waals surface area contributed by atoms with Gasteiger partial charge < -0.3 is 5.73 Å². The molecule has 13 heavy (non-hydrogen) atoms. The average Bonchev–Trinajstić information content (AvgIpc) is 2.06. The summed E-state index contributed by atoms with van der Waals surface area (Å²) in [6, 6.07) is 12.4. The van der Waals surface area contributed by atoms with Crippen LogP contribution in [0.5, 0.6) is 0 Å². The molecule has 0 heterocycles. The molecular weight excluding hydrogens is 158 g/mol. The van der Waals surface area contributed by atoms with E-state index in [-0.39, 0.29) is 0 Å². The van der Waals surface area contributed by atoms with Crippen LogP contribution in [0.4, 0.5) is 0 Å². The Morgan fingerprint density at radius 1 is 0.846 bits per heavy atom. The summed E-state index contributed by atoms with van der Waals surface area (Å²) in [5, 5.41) is 0. The van der Waals surface area contributed by atoms with Crippen molar-refractivity contribution in [2.75, 3.05) is 0 Å². The molecule has 0 aliphatic carbocycles. The van der Waals surface area contributed by atoms with Crippen LogP contribution in [0.1, 0.15) is 27.2 Å². The molecule has 0 aromatic heterocycles. The normalized spacial score (nSPS) is 11.8. The first-order valence-electron chi connectivity index (χ1n) is 4.88. The monoisotopic (exact) mass is 179 g/mol. The minimum atomic E-state index is 0.375. The number of rotatable bonds is 2. The van der Waals surface area contributed by atoms with E-state index in [1.165, 1.54) is 0 Å². The Labute approximate surface area is 82.0 Å². The zero-order valence-corrected chi connectivity index (χ0v) is 8.90. The molecule has 0 saturated carbocycles. The molecular formula is C12H21N. The Kier molecular flexibility index (Phi) is 7.32. The predicted octanol–water partition coefficient (Wildman–Crippen LogP) is 3.07. The molecule has 0 spiro atoms. The summed E-state index contributed by atoms with van der Waals surface area (Å²) >= 11 is 0. The third-order valence-corrected chi connectivity index (χ3v) is 1.51. The maximum atomic E-state index is 5.49. The average molecular weight is 179 g/mol. The van der Waals surface area contributed by atoms with E-state index in [1.807, 2.05) is 43.3 Å². The minimum absolute atomic E-state index is 0.375. The van der Waals surface area contributed by atoms with Crippen LogP contribution in [-0.4, -0.2) is 6.04 Å². The van der Waals surface area contributed by atoms with Gasteiger partial charge in [-0.2, -0.15) is 0 Å². The fourth-order valence-corrected chi connectivity index (χ4v) is 1.13. The SMILES string of the molecule is CC(C)CC(C)N.c1ccccc1.